The van der Waals surface area contributed by atoms with Crippen LogP contribution in [0.1, 0.15) is 1.37 Å². The van der Waals surface area contributed by atoms with Crippen LogP contribution in [0.3, 0.4) is 0 Å². The zero-order valence-corrected chi connectivity index (χ0v) is 2.85. The largest absolute Gasteiger partial charge is 0.372 e. The Kier molecular flexibility index (Phi) is 0.411. The second-order valence-electron chi connectivity index (χ2n) is 1.06. The van der Waals surface area contributed by atoms with Gasteiger partial charge in [-0.05, 0) is 0 Å². The molecule has 2 unspecified atom stereocenters. The fourth-order valence-electron chi connectivity index (χ4n) is 0.167. The van der Waals surface area contributed by atoms with Gasteiger partial charge in [-0.25, -0.2) is 0 Å². The molecule has 2 heteroatoms. The van der Waals surface area contributed by atoms with Crippen LogP contribution in [-0.2, 0) is 4.74 Å². The van der Waals surface area contributed by atoms with Crippen LogP contribution in [0.4, 0.5) is 0 Å². The molecule has 1 saturated heterocycles. The van der Waals surface area contributed by atoms with Crippen molar-refractivity contribution in [1.29, 1.82) is 0 Å². The van der Waals surface area contributed by atoms with E-state index in [0.29, 0.717) is 6.61 Å². The van der Waals surface area contributed by atoms with Crippen LogP contribution >= 0.6 is 0 Å². The number of epoxide rings is 1. The monoisotopic (exact) mass is 74.1 g/mol. The topological polar surface area (TPSA) is 38.5 Å². The quantitative estimate of drug-likeness (QED) is 0.419. The van der Waals surface area contributed by atoms with Crippen molar-refractivity contribution in [1.82, 2.24) is 0 Å². The molecule has 0 amide bonds. The van der Waals surface area contributed by atoms with E-state index in [9.17, 15) is 0 Å². The summed E-state index contributed by atoms with van der Waals surface area (Å²) in [7, 11) is 0. The van der Waals surface area contributed by atoms with Crippen LogP contribution in [0.5, 0.6) is 0 Å². The van der Waals surface area contributed by atoms with Gasteiger partial charge in [0, 0.05) is 7.89 Å². The molecule has 0 radical (unpaired) electrons. The third-order valence-corrected chi connectivity index (χ3v) is 0.574. The van der Waals surface area contributed by atoms with Crippen LogP contribution < -0.4 is 5.73 Å². The van der Waals surface area contributed by atoms with E-state index in [2.05, 4.69) is 4.74 Å². The smallest absolute Gasteiger partial charge is 0.0931 e. The number of hydrogen-bond acceptors (Lipinski definition) is 2. The molecule has 30 valence electrons. The Morgan fingerprint density at radius 2 is 3.00 bits per heavy atom. The first-order chi connectivity index (χ1) is 2.80. The third-order valence-electron chi connectivity index (χ3n) is 0.574. The summed E-state index contributed by atoms with van der Waals surface area (Å²) < 4.78 is 11.4. The maximum atomic E-state index is 6.75. The Morgan fingerprint density at radius 1 is 2.40 bits per heavy atom. The van der Waals surface area contributed by atoms with E-state index in [4.69, 9.17) is 7.10 Å². The zero-order chi connectivity index (χ0) is 4.57. The number of hydrogen-bond donors (Lipinski definition) is 1. The molecule has 1 heterocycles. The summed E-state index contributed by atoms with van der Waals surface area (Å²) in [6.07, 6.45) is 0.0463. The first-order valence-corrected chi connectivity index (χ1v) is 1.60. The predicted octanol–water partition coefficient (Wildman–Crippen LogP) is -0.656. The molecule has 2 atom stereocenters. The summed E-state index contributed by atoms with van der Waals surface area (Å²) in [5, 5.41) is 0. The lowest BCUT2D eigenvalue weighted by Crippen LogP contribution is -2.05. The number of ether oxygens (including phenoxy) is 1. The van der Waals surface area contributed by atoms with Crippen molar-refractivity contribution in [3.8, 4) is 0 Å². The standard InChI is InChI=1S/C3H7NO/c4-1-3-2-5-3/h3H,1-2,4H2/i1D. The summed E-state index contributed by atoms with van der Waals surface area (Å²) in [5.74, 6) is 0. The summed E-state index contributed by atoms with van der Waals surface area (Å²) in [5.41, 5.74) is 5.04. The first kappa shape index (κ1) is 2.16. The Labute approximate surface area is 32.3 Å². The highest BCUT2D eigenvalue weighted by Gasteiger charge is 2.18. The van der Waals surface area contributed by atoms with E-state index >= 15 is 0 Å². The van der Waals surface area contributed by atoms with E-state index in [1.54, 1.807) is 0 Å². The van der Waals surface area contributed by atoms with Gasteiger partial charge in [0.1, 0.15) is 0 Å². The van der Waals surface area contributed by atoms with Crippen LogP contribution in [0.15, 0.2) is 0 Å². The van der Waals surface area contributed by atoms with Crippen molar-refractivity contribution in [3.63, 3.8) is 0 Å². The van der Waals surface area contributed by atoms with Gasteiger partial charge in [0.15, 0.2) is 0 Å². The van der Waals surface area contributed by atoms with Crippen LogP contribution in [0.2, 0.25) is 0 Å². The number of nitrogens with two attached hydrogens (primary N) is 1. The highest BCUT2D eigenvalue weighted by Crippen LogP contribution is 2.03. The summed E-state index contributed by atoms with van der Waals surface area (Å²) in [4.78, 5) is 0. The Bertz CT molecular complexity index is 52.8. The third kappa shape index (κ3) is 0.597. The van der Waals surface area contributed by atoms with Crippen molar-refractivity contribution in [2.45, 2.75) is 6.10 Å². The van der Waals surface area contributed by atoms with Gasteiger partial charge in [0.25, 0.3) is 0 Å². The SMILES string of the molecule is [2H]C(N)C1CO1. The van der Waals surface area contributed by atoms with Gasteiger partial charge in [-0.2, -0.15) is 0 Å². The summed E-state index contributed by atoms with van der Waals surface area (Å²) >= 11 is 0. The highest BCUT2D eigenvalue weighted by atomic mass is 16.6. The van der Waals surface area contributed by atoms with Gasteiger partial charge in [0.2, 0.25) is 0 Å². The van der Waals surface area contributed by atoms with Gasteiger partial charge in [-0.1, -0.05) is 0 Å². The lowest BCUT2D eigenvalue weighted by atomic mass is 10.5. The van der Waals surface area contributed by atoms with Crippen LogP contribution in [0.25, 0.3) is 0 Å². The van der Waals surface area contributed by atoms with Crippen molar-refractivity contribution in [2.75, 3.05) is 13.1 Å². The van der Waals surface area contributed by atoms with E-state index in [1.165, 1.54) is 0 Å². The molecule has 1 fully saturated rings. The van der Waals surface area contributed by atoms with E-state index in [-0.39, 0.29) is 6.10 Å². The molecule has 0 spiro atoms. The van der Waals surface area contributed by atoms with Crippen molar-refractivity contribution in [3.05, 3.63) is 0 Å². The Hall–Kier alpha value is -0.0800. The molecule has 5 heavy (non-hydrogen) atoms. The molecule has 0 aromatic rings. The predicted molar refractivity (Wildman–Crippen MR) is 18.8 cm³/mol. The number of rotatable bonds is 1. The second kappa shape index (κ2) is 0.954. The molecule has 0 saturated carbocycles. The highest BCUT2D eigenvalue weighted by molar-refractivity contribution is 4.67. The Morgan fingerprint density at radius 3 is 3.00 bits per heavy atom. The molecule has 1 aliphatic rings. The second-order valence-corrected chi connectivity index (χ2v) is 1.06. The summed E-state index contributed by atoms with van der Waals surface area (Å²) in [6, 6.07) is 0. The first-order valence-electron chi connectivity index (χ1n) is 2.18. The average Bonchev–Trinajstić information content (AvgIpc) is 2.06. The normalized spacial score (nSPS) is 43.4. The van der Waals surface area contributed by atoms with Gasteiger partial charge in [-0.3, -0.25) is 0 Å². The minimum absolute atomic E-state index is 0.0463. The summed E-state index contributed by atoms with van der Waals surface area (Å²) in [6.45, 7) is 0.176. The van der Waals surface area contributed by atoms with E-state index < -0.39 is 6.52 Å². The molecular formula is C3H7NO. The maximum absolute atomic E-state index is 6.75. The lowest BCUT2D eigenvalue weighted by molar-refractivity contribution is 0.412. The molecule has 0 aromatic heterocycles. The van der Waals surface area contributed by atoms with Gasteiger partial charge in [0.05, 0.1) is 12.7 Å². The minimum atomic E-state index is -0.509. The molecule has 2 nitrogen and oxygen atoms in total. The van der Waals surface area contributed by atoms with Crippen LogP contribution in [0, 0.1) is 0 Å². The molecule has 1 aliphatic heterocycles. The molecular weight excluding hydrogens is 66.0 g/mol. The van der Waals surface area contributed by atoms with Crippen molar-refractivity contribution >= 4 is 0 Å². The molecule has 0 aliphatic carbocycles. The fourth-order valence-corrected chi connectivity index (χ4v) is 0.167. The molecule has 0 bridgehead atoms. The van der Waals surface area contributed by atoms with E-state index in [1.807, 2.05) is 0 Å². The maximum Gasteiger partial charge on any atom is 0.0931 e. The van der Waals surface area contributed by atoms with Crippen molar-refractivity contribution in [2.24, 2.45) is 5.73 Å². The van der Waals surface area contributed by atoms with Gasteiger partial charge < -0.3 is 10.5 Å². The van der Waals surface area contributed by atoms with Crippen molar-refractivity contribution < 1.29 is 6.11 Å². The van der Waals surface area contributed by atoms with Gasteiger partial charge >= 0.3 is 0 Å². The average molecular weight is 74.1 g/mol. The van der Waals surface area contributed by atoms with Gasteiger partial charge in [-0.15, -0.1) is 0 Å². The zero-order valence-electron chi connectivity index (χ0n) is 3.85. The fraction of sp³-hybridized carbons (Fsp3) is 1.00. The molecule has 0 aromatic carbocycles. The lowest BCUT2D eigenvalue weighted by Gasteiger charge is -1.71. The van der Waals surface area contributed by atoms with E-state index in [0.717, 1.165) is 0 Å². The molecule has 2 N–H and O–H groups in total. The van der Waals surface area contributed by atoms with Crippen LogP contribution in [-0.4, -0.2) is 19.2 Å². The Balaban J connectivity index is 2.13. The molecule has 1 rings (SSSR count). The minimum Gasteiger partial charge on any atom is -0.372 e.